The lowest BCUT2D eigenvalue weighted by Crippen LogP contribution is -2.24. The molecule has 0 amide bonds. The molecule has 0 bridgehead atoms. The average Bonchev–Trinajstić information content (AvgIpc) is 2.50. The fourth-order valence-electron chi connectivity index (χ4n) is 1.99. The van der Waals surface area contributed by atoms with Crippen molar-refractivity contribution >= 4 is 28.4 Å². The van der Waals surface area contributed by atoms with Crippen molar-refractivity contribution in [3.05, 3.63) is 0 Å². The van der Waals surface area contributed by atoms with Crippen molar-refractivity contribution in [1.29, 1.82) is 0 Å². The van der Waals surface area contributed by atoms with Gasteiger partial charge in [-0.25, -0.2) is 0 Å². The molecule has 0 radical (unpaired) electrons. The van der Waals surface area contributed by atoms with Gasteiger partial charge in [-0.2, -0.15) is 13.2 Å². The first-order valence-corrected chi connectivity index (χ1v) is 5.30. The van der Waals surface area contributed by atoms with Crippen molar-refractivity contribution in [2.45, 2.75) is 31.8 Å². The minimum Gasteiger partial charge on any atom is -0.281 e. The summed E-state index contributed by atoms with van der Waals surface area (Å²) in [6.45, 7) is 3.45. The molecule has 1 fully saturated rings. The second-order valence-corrected chi connectivity index (χ2v) is 5.35. The number of alkyl halides is 4. The predicted octanol–water partition coefficient (Wildman–Crippen LogP) is 3.58. The lowest BCUT2D eigenvalue weighted by molar-refractivity contribution is -0.133. The first-order chi connectivity index (χ1) is 6.58. The van der Waals surface area contributed by atoms with E-state index in [9.17, 15) is 18.0 Å². The van der Waals surface area contributed by atoms with E-state index in [-0.39, 0.29) is 12.3 Å². The van der Waals surface area contributed by atoms with Gasteiger partial charge in [-0.05, 0) is 29.4 Å². The Morgan fingerprint density at radius 1 is 1.47 bits per heavy atom. The molecule has 0 aromatic rings. The van der Waals surface area contributed by atoms with Gasteiger partial charge >= 0.3 is 6.18 Å². The molecule has 1 unspecified atom stereocenters. The number of rotatable bonds is 3. The Hall–Kier alpha value is 0.0400. The van der Waals surface area contributed by atoms with Gasteiger partial charge in [-0.3, -0.25) is 4.79 Å². The summed E-state index contributed by atoms with van der Waals surface area (Å²) in [5.41, 5.74) is -0.461. The average molecular weight is 263 g/mol. The highest BCUT2D eigenvalue weighted by atomic mass is 35.5. The SMILES string of the molecule is CC1(C)[C@H](C(=O)Cl)[C@@H]1CC(Cl)C(F)(F)F. The minimum absolute atomic E-state index is 0.249. The summed E-state index contributed by atoms with van der Waals surface area (Å²) >= 11 is 10.5. The summed E-state index contributed by atoms with van der Waals surface area (Å²) in [4.78, 5) is 10.9. The number of carbonyl (C=O) groups excluding carboxylic acids is 1. The molecule has 3 atom stereocenters. The van der Waals surface area contributed by atoms with Crippen LogP contribution in [0, 0.1) is 17.3 Å². The van der Waals surface area contributed by atoms with Gasteiger partial charge in [-0.15, -0.1) is 11.6 Å². The summed E-state index contributed by atoms with van der Waals surface area (Å²) in [6, 6.07) is 0. The maximum Gasteiger partial charge on any atom is 0.404 e. The molecule has 1 aliphatic carbocycles. The van der Waals surface area contributed by atoms with Crippen LogP contribution in [0.4, 0.5) is 13.2 Å². The summed E-state index contributed by atoms with van der Waals surface area (Å²) in [6.07, 6.45) is -4.67. The third-order valence-electron chi connectivity index (χ3n) is 3.11. The van der Waals surface area contributed by atoms with Gasteiger partial charge in [0.2, 0.25) is 5.24 Å². The summed E-state index contributed by atoms with van der Waals surface area (Å²) in [5.74, 6) is -0.866. The van der Waals surface area contributed by atoms with Crippen LogP contribution in [0.5, 0.6) is 0 Å². The molecule has 6 heteroatoms. The Balaban J connectivity index is 2.59. The predicted molar refractivity (Wildman–Crippen MR) is 51.9 cm³/mol. The molecule has 1 nitrogen and oxygen atoms in total. The number of carbonyl (C=O) groups is 1. The standard InChI is InChI=1S/C9H11Cl2F3O/c1-8(2)4(6(8)7(11)15)3-5(10)9(12,13)14/h4-6H,3H2,1-2H3/t4-,5?,6-/m0/s1. The van der Waals surface area contributed by atoms with E-state index in [4.69, 9.17) is 23.2 Å². The van der Waals surface area contributed by atoms with Crippen molar-refractivity contribution in [2.24, 2.45) is 17.3 Å². The summed E-state index contributed by atoms with van der Waals surface area (Å²) in [7, 11) is 0. The molecule has 88 valence electrons. The molecule has 0 aliphatic heterocycles. The largest absolute Gasteiger partial charge is 0.404 e. The molecule has 1 saturated carbocycles. The lowest BCUT2D eigenvalue weighted by Gasteiger charge is -2.13. The van der Waals surface area contributed by atoms with Gasteiger partial charge in [0.25, 0.3) is 0 Å². The Labute approximate surface area is 95.9 Å². The third kappa shape index (κ3) is 2.59. The van der Waals surface area contributed by atoms with Crippen molar-refractivity contribution in [2.75, 3.05) is 0 Å². The van der Waals surface area contributed by atoms with E-state index < -0.39 is 28.1 Å². The van der Waals surface area contributed by atoms with Crippen molar-refractivity contribution in [3.8, 4) is 0 Å². The maximum atomic E-state index is 12.2. The zero-order chi connectivity index (χ0) is 12.0. The van der Waals surface area contributed by atoms with Crippen molar-refractivity contribution in [1.82, 2.24) is 0 Å². The molecule has 0 heterocycles. The van der Waals surface area contributed by atoms with Gasteiger partial charge in [0.05, 0.1) is 0 Å². The molecule has 15 heavy (non-hydrogen) atoms. The van der Waals surface area contributed by atoms with E-state index in [0.29, 0.717) is 0 Å². The molecule has 0 saturated heterocycles. The molecule has 0 spiro atoms. The summed E-state index contributed by atoms with van der Waals surface area (Å²) in [5, 5.41) is -2.47. The topological polar surface area (TPSA) is 17.1 Å². The minimum atomic E-state index is -4.42. The zero-order valence-corrected chi connectivity index (χ0v) is 9.75. The van der Waals surface area contributed by atoms with Gasteiger partial charge in [0.15, 0.2) is 0 Å². The smallest absolute Gasteiger partial charge is 0.281 e. The fraction of sp³-hybridized carbons (Fsp3) is 0.889. The van der Waals surface area contributed by atoms with E-state index >= 15 is 0 Å². The van der Waals surface area contributed by atoms with Crippen molar-refractivity contribution in [3.63, 3.8) is 0 Å². The van der Waals surface area contributed by atoms with Gasteiger partial charge in [0, 0.05) is 5.92 Å². The molecule has 0 aromatic heterocycles. The summed E-state index contributed by atoms with van der Waals surface area (Å²) < 4.78 is 36.5. The Kier molecular flexibility index (Phi) is 3.33. The lowest BCUT2D eigenvalue weighted by atomic mass is 10.1. The highest BCUT2D eigenvalue weighted by Crippen LogP contribution is 2.62. The van der Waals surface area contributed by atoms with E-state index in [1.54, 1.807) is 13.8 Å². The second kappa shape index (κ2) is 3.81. The molecule has 0 N–H and O–H groups in total. The Morgan fingerprint density at radius 2 is 1.93 bits per heavy atom. The first-order valence-electron chi connectivity index (χ1n) is 4.48. The molecule has 1 rings (SSSR count). The third-order valence-corrected chi connectivity index (χ3v) is 3.77. The molecule has 1 aliphatic rings. The fourth-order valence-corrected chi connectivity index (χ4v) is 2.62. The van der Waals surface area contributed by atoms with Crippen LogP contribution in [0.3, 0.4) is 0 Å². The van der Waals surface area contributed by atoms with Crippen LogP contribution in [0.25, 0.3) is 0 Å². The van der Waals surface area contributed by atoms with E-state index in [2.05, 4.69) is 0 Å². The van der Waals surface area contributed by atoms with Gasteiger partial charge < -0.3 is 0 Å². The van der Waals surface area contributed by atoms with E-state index in [1.807, 2.05) is 0 Å². The highest BCUT2D eigenvalue weighted by Gasteiger charge is 2.62. The van der Waals surface area contributed by atoms with E-state index in [1.165, 1.54) is 0 Å². The number of hydrogen-bond donors (Lipinski definition) is 0. The first kappa shape index (κ1) is 13.1. The Morgan fingerprint density at radius 3 is 2.20 bits per heavy atom. The van der Waals surface area contributed by atoms with Crippen LogP contribution in [0.15, 0.2) is 0 Å². The zero-order valence-electron chi connectivity index (χ0n) is 8.24. The molecular formula is C9H11Cl2F3O. The van der Waals surface area contributed by atoms with Crippen LogP contribution in [-0.2, 0) is 4.79 Å². The van der Waals surface area contributed by atoms with Crippen molar-refractivity contribution < 1.29 is 18.0 Å². The van der Waals surface area contributed by atoms with Crippen LogP contribution in [-0.4, -0.2) is 16.8 Å². The molecular weight excluding hydrogens is 252 g/mol. The monoisotopic (exact) mass is 262 g/mol. The van der Waals surface area contributed by atoms with Crippen LogP contribution in [0.1, 0.15) is 20.3 Å². The second-order valence-electron chi connectivity index (χ2n) is 4.45. The molecule has 0 aromatic carbocycles. The van der Waals surface area contributed by atoms with Crippen LogP contribution < -0.4 is 0 Å². The van der Waals surface area contributed by atoms with Gasteiger partial charge in [-0.1, -0.05) is 13.8 Å². The highest BCUT2D eigenvalue weighted by molar-refractivity contribution is 6.64. The van der Waals surface area contributed by atoms with Gasteiger partial charge in [0.1, 0.15) is 5.38 Å². The maximum absolute atomic E-state index is 12.2. The normalized spacial score (nSPS) is 31.1. The van der Waals surface area contributed by atoms with E-state index in [0.717, 1.165) is 0 Å². The number of halogens is 5. The van der Waals surface area contributed by atoms with Crippen LogP contribution in [0.2, 0.25) is 0 Å². The Bertz CT molecular complexity index is 275. The number of hydrogen-bond acceptors (Lipinski definition) is 1. The quantitative estimate of drug-likeness (QED) is 0.561. The van der Waals surface area contributed by atoms with Crippen LogP contribution >= 0.6 is 23.2 Å².